The summed E-state index contributed by atoms with van der Waals surface area (Å²) in [7, 11) is 0. The van der Waals surface area contributed by atoms with Crippen LogP contribution in [0.4, 0.5) is 0 Å². The molecule has 1 heterocycles. The number of unbranched alkanes of at least 4 members (excludes halogenated alkanes) is 3. The van der Waals surface area contributed by atoms with E-state index in [0.29, 0.717) is 5.54 Å². The molecule has 0 aliphatic carbocycles. The van der Waals surface area contributed by atoms with Crippen LogP contribution in [0.1, 0.15) is 59.3 Å². The molecule has 1 fully saturated rings. The van der Waals surface area contributed by atoms with Gasteiger partial charge >= 0.3 is 0 Å². The van der Waals surface area contributed by atoms with Gasteiger partial charge in [0.2, 0.25) is 0 Å². The fourth-order valence-electron chi connectivity index (χ4n) is 2.27. The van der Waals surface area contributed by atoms with Gasteiger partial charge in [-0.3, -0.25) is 10.2 Å². The molecule has 1 aliphatic rings. The van der Waals surface area contributed by atoms with E-state index in [4.69, 9.17) is 5.73 Å². The van der Waals surface area contributed by atoms with E-state index in [2.05, 4.69) is 31.0 Å². The third-order valence-corrected chi connectivity index (χ3v) is 3.83. The summed E-state index contributed by atoms with van der Waals surface area (Å²) in [5.41, 5.74) is 6.23. The standard InChI is InChI=1S/C12H27N3/c1-4-6-7-8-9-12(3,5-2)15-10-14-11(15)13/h11,14H,4-10,13H2,1-3H3. The lowest BCUT2D eigenvalue weighted by Crippen LogP contribution is -2.72. The molecular formula is C12H27N3. The van der Waals surface area contributed by atoms with Gasteiger partial charge in [0, 0.05) is 5.54 Å². The van der Waals surface area contributed by atoms with Crippen molar-refractivity contribution < 1.29 is 0 Å². The highest BCUT2D eigenvalue weighted by atomic mass is 15.5. The Hall–Kier alpha value is -0.120. The zero-order valence-corrected chi connectivity index (χ0v) is 10.6. The maximum absolute atomic E-state index is 5.93. The van der Waals surface area contributed by atoms with Crippen LogP contribution in [-0.4, -0.2) is 23.4 Å². The first-order chi connectivity index (χ1) is 7.14. The van der Waals surface area contributed by atoms with E-state index in [1.54, 1.807) is 0 Å². The molecule has 2 atom stereocenters. The van der Waals surface area contributed by atoms with Gasteiger partial charge in [-0.25, -0.2) is 0 Å². The summed E-state index contributed by atoms with van der Waals surface area (Å²) in [6.45, 7) is 7.83. The molecule has 15 heavy (non-hydrogen) atoms. The fourth-order valence-corrected chi connectivity index (χ4v) is 2.27. The molecule has 2 unspecified atom stereocenters. The molecule has 1 rings (SSSR count). The van der Waals surface area contributed by atoms with Gasteiger partial charge in [-0.1, -0.05) is 39.5 Å². The topological polar surface area (TPSA) is 41.3 Å². The Labute approximate surface area is 94.4 Å². The molecule has 3 heteroatoms. The van der Waals surface area contributed by atoms with E-state index < -0.39 is 0 Å². The zero-order chi connectivity index (χ0) is 11.3. The normalized spacial score (nSPS) is 26.0. The van der Waals surface area contributed by atoms with Crippen molar-refractivity contribution in [2.45, 2.75) is 71.1 Å². The van der Waals surface area contributed by atoms with Gasteiger partial charge in [-0.05, 0) is 19.8 Å². The van der Waals surface area contributed by atoms with Crippen LogP contribution in [-0.2, 0) is 0 Å². The molecule has 0 saturated carbocycles. The summed E-state index contributed by atoms with van der Waals surface area (Å²) < 4.78 is 0. The molecule has 90 valence electrons. The van der Waals surface area contributed by atoms with Crippen molar-refractivity contribution in [2.24, 2.45) is 5.73 Å². The lowest BCUT2D eigenvalue weighted by atomic mass is 9.89. The molecule has 3 N–H and O–H groups in total. The van der Waals surface area contributed by atoms with Crippen LogP contribution in [0, 0.1) is 0 Å². The van der Waals surface area contributed by atoms with Crippen molar-refractivity contribution in [1.29, 1.82) is 0 Å². The van der Waals surface area contributed by atoms with Gasteiger partial charge in [0.05, 0.1) is 6.67 Å². The second kappa shape index (κ2) is 5.83. The number of hydrogen-bond acceptors (Lipinski definition) is 3. The first-order valence-corrected chi connectivity index (χ1v) is 6.39. The summed E-state index contributed by atoms with van der Waals surface area (Å²) in [6, 6.07) is 0. The summed E-state index contributed by atoms with van der Waals surface area (Å²) in [5.74, 6) is 0. The first kappa shape index (κ1) is 12.9. The van der Waals surface area contributed by atoms with Gasteiger partial charge < -0.3 is 5.73 Å². The second-order valence-electron chi connectivity index (χ2n) is 4.94. The average Bonchev–Trinajstić information content (AvgIpc) is 2.22. The van der Waals surface area contributed by atoms with E-state index in [-0.39, 0.29) is 6.29 Å². The molecule has 0 bridgehead atoms. The Morgan fingerprint density at radius 3 is 2.47 bits per heavy atom. The van der Waals surface area contributed by atoms with Gasteiger partial charge in [0.1, 0.15) is 6.29 Å². The van der Waals surface area contributed by atoms with Gasteiger partial charge in [-0.2, -0.15) is 0 Å². The Morgan fingerprint density at radius 2 is 2.07 bits per heavy atom. The predicted octanol–water partition coefficient (Wildman–Crippen LogP) is 2.23. The van der Waals surface area contributed by atoms with Crippen molar-refractivity contribution in [1.82, 2.24) is 10.2 Å². The van der Waals surface area contributed by atoms with E-state index in [1.807, 2.05) is 0 Å². The number of rotatable bonds is 7. The van der Waals surface area contributed by atoms with E-state index >= 15 is 0 Å². The minimum atomic E-state index is 0.0844. The lowest BCUT2D eigenvalue weighted by molar-refractivity contribution is -0.0524. The minimum absolute atomic E-state index is 0.0844. The van der Waals surface area contributed by atoms with Crippen LogP contribution in [0.2, 0.25) is 0 Å². The lowest BCUT2D eigenvalue weighted by Gasteiger charge is -2.51. The van der Waals surface area contributed by atoms with Crippen LogP contribution in [0.3, 0.4) is 0 Å². The quantitative estimate of drug-likeness (QED) is 0.637. The van der Waals surface area contributed by atoms with Gasteiger partial charge in [0.25, 0.3) is 0 Å². The van der Waals surface area contributed by atoms with Gasteiger partial charge in [-0.15, -0.1) is 0 Å². The number of nitrogens with zero attached hydrogens (tertiary/aromatic N) is 1. The van der Waals surface area contributed by atoms with Crippen LogP contribution in [0.25, 0.3) is 0 Å². The van der Waals surface area contributed by atoms with Crippen LogP contribution in [0.15, 0.2) is 0 Å². The predicted molar refractivity (Wildman–Crippen MR) is 65.3 cm³/mol. The highest BCUT2D eigenvalue weighted by molar-refractivity contribution is 4.91. The number of nitrogens with two attached hydrogens (primary N) is 1. The zero-order valence-electron chi connectivity index (χ0n) is 10.6. The van der Waals surface area contributed by atoms with E-state index in [1.165, 1.54) is 38.5 Å². The molecular weight excluding hydrogens is 186 g/mol. The molecule has 1 aliphatic heterocycles. The Balaban J connectivity index is 2.32. The van der Waals surface area contributed by atoms with Crippen molar-refractivity contribution >= 4 is 0 Å². The van der Waals surface area contributed by atoms with Crippen LogP contribution < -0.4 is 11.1 Å². The van der Waals surface area contributed by atoms with Crippen LogP contribution >= 0.6 is 0 Å². The van der Waals surface area contributed by atoms with Crippen molar-refractivity contribution in [3.05, 3.63) is 0 Å². The summed E-state index contributed by atoms with van der Waals surface area (Å²) >= 11 is 0. The smallest absolute Gasteiger partial charge is 0.114 e. The number of hydrogen-bond donors (Lipinski definition) is 2. The fraction of sp³-hybridized carbons (Fsp3) is 1.00. The molecule has 0 amide bonds. The SMILES string of the molecule is CCCCCCC(C)(CC)N1CNC1N. The Morgan fingerprint density at radius 1 is 1.33 bits per heavy atom. The van der Waals surface area contributed by atoms with Crippen LogP contribution in [0.5, 0.6) is 0 Å². The van der Waals surface area contributed by atoms with Crippen molar-refractivity contribution in [3.8, 4) is 0 Å². The highest BCUT2D eigenvalue weighted by Gasteiger charge is 2.38. The molecule has 0 spiro atoms. The monoisotopic (exact) mass is 213 g/mol. The number of nitrogens with one attached hydrogen (secondary N) is 1. The molecule has 1 saturated heterocycles. The molecule has 3 nitrogen and oxygen atoms in total. The second-order valence-corrected chi connectivity index (χ2v) is 4.94. The summed E-state index contributed by atoms with van der Waals surface area (Å²) in [4.78, 5) is 2.39. The largest absolute Gasteiger partial charge is 0.303 e. The minimum Gasteiger partial charge on any atom is -0.303 e. The highest BCUT2D eigenvalue weighted by Crippen LogP contribution is 2.29. The third kappa shape index (κ3) is 3.16. The Bertz CT molecular complexity index is 184. The summed E-state index contributed by atoms with van der Waals surface area (Å²) in [5, 5.41) is 3.20. The summed E-state index contributed by atoms with van der Waals surface area (Å²) in [6.07, 6.45) is 7.93. The average molecular weight is 213 g/mol. The Kier molecular flexibility index (Phi) is 5.03. The maximum atomic E-state index is 5.93. The molecule has 0 aromatic carbocycles. The van der Waals surface area contributed by atoms with E-state index in [9.17, 15) is 0 Å². The van der Waals surface area contributed by atoms with Crippen molar-refractivity contribution in [2.75, 3.05) is 6.67 Å². The molecule has 0 radical (unpaired) electrons. The van der Waals surface area contributed by atoms with Gasteiger partial charge in [0.15, 0.2) is 0 Å². The molecule has 0 aromatic heterocycles. The third-order valence-electron chi connectivity index (χ3n) is 3.83. The van der Waals surface area contributed by atoms with E-state index in [0.717, 1.165) is 6.67 Å². The van der Waals surface area contributed by atoms with Crippen molar-refractivity contribution in [3.63, 3.8) is 0 Å². The first-order valence-electron chi connectivity index (χ1n) is 6.39. The molecule has 0 aromatic rings. The maximum Gasteiger partial charge on any atom is 0.114 e.